The van der Waals surface area contributed by atoms with Crippen molar-refractivity contribution in [3.8, 4) is 0 Å². The van der Waals surface area contributed by atoms with Gasteiger partial charge in [0.1, 0.15) is 24.4 Å². The van der Waals surface area contributed by atoms with Gasteiger partial charge in [0, 0.05) is 0 Å². The van der Waals surface area contributed by atoms with Gasteiger partial charge in [0.25, 0.3) is 0 Å². The lowest BCUT2D eigenvalue weighted by Crippen LogP contribution is -2.21. The van der Waals surface area contributed by atoms with Gasteiger partial charge < -0.3 is 5.11 Å². The van der Waals surface area contributed by atoms with E-state index in [1.165, 1.54) is 6.08 Å². The van der Waals surface area contributed by atoms with Crippen LogP contribution >= 0.6 is 0 Å². The molecule has 0 saturated carbocycles. The van der Waals surface area contributed by atoms with Crippen LogP contribution in [0.2, 0.25) is 0 Å². The number of aliphatic hydroxyl groups is 1. The molecule has 0 spiro atoms. The van der Waals surface area contributed by atoms with Crippen molar-refractivity contribution >= 4 is 9.93 Å². The Morgan fingerprint density at radius 2 is 2.22 bits per heavy atom. The molecule has 0 aliphatic heterocycles. The zero-order valence-electron chi connectivity index (χ0n) is 5.83. The van der Waals surface area contributed by atoms with E-state index in [1.807, 2.05) is 0 Å². The van der Waals surface area contributed by atoms with Gasteiger partial charge in [0.15, 0.2) is 0 Å². The number of aliphatic hydroxyl groups excluding tert-OH is 1. The summed E-state index contributed by atoms with van der Waals surface area (Å²) in [5, 5.41) is 8.90. The van der Waals surface area contributed by atoms with Crippen LogP contribution in [-0.2, 0) is 14.1 Å². The van der Waals surface area contributed by atoms with Crippen molar-refractivity contribution in [2.75, 3.05) is 18.3 Å². The van der Waals surface area contributed by atoms with E-state index in [0.29, 0.717) is 5.75 Å². The monoisotopic (exact) mass is 149 g/mol. The third-order valence-corrected chi connectivity index (χ3v) is 1.99. The molecule has 0 aliphatic rings. The Balaban J connectivity index is 3.74. The topological polar surface area (TPSA) is 37.3 Å². The van der Waals surface area contributed by atoms with Gasteiger partial charge in [-0.2, -0.15) is 0 Å². The van der Waals surface area contributed by atoms with E-state index < -0.39 is 16.0 Å². The van der Waals surface area contributed by atoms with E-state index in [-0.39, 0.29) is 0 Å². The normalized spacial score (nSPS) is 15.0. The van der Waals surface area contributed by atoms with E-state index in [0.717, 1.165) is 0 Å². The van der Waals surface area contributed by atoms with Crippen LogP contribution in [0, 0.1) is 0 Å². The lowest BCUT2D eigenvalue weighted by molar-refractivity contribution is 0.247. The number of rotatable bonds is 3. The predicted molar refractivity (Wildman–Crippen MR) is 41.0 cm³/mol. The maximum absolute atomic E-state index is 10.9. The highest BCUT2D eigenvalue weighted by Gasteiger charge is 2.16. The summed E-state index contributed by atoms with van der Waals surface area (Å²) < 4.78 is 10.9. The van der Waals surface area contributed by atoms with E-state index in [4.69, 9.17) is 5.11 Å². The molecule has 0 rings (SSSR count). The molecule has 0 aromatic carbocycles. The average molecular weight is 149 g/mol. The smallest absolute Gasteiger partial charge is 0.141 e. The first-order chi connectivity index (χ1) is 3.95. The molecule has 1 atom stereocenters. The molecule has 54 valence electrons. The zero-order valence-corrected chi connectivity index (χ0v) is 6.65. The first-order valence-corrected chi connectivity index (χ1v) is 5.22. The minimum Gasteiger partial charge on any atom is -0.384 e. The van der Waals surface area contributed by atoms with Gasteiger partial charge in [-0.3, -0.25) is 0 Å². The van der Waals surface area contributed by atoms with Crippen molar-refractivity contribution in [1.29, 1.82) is 0 Å². The highest BCUT2D eigenvalue weighted by atomic mass is 32.2. The largest absolute Gasteiger partial charge is 0.384 e. The predicted octanol–water partition coefficient (Wildman–Crippen LogP) is 0.292. The van der Waals surface area contributed by atoms with Gasteiger partial charge in [-0.25, -0.2) is 0 Å². The Morgan fingerprint density at radius 1 is 1.78 bits per heavy atom. The molecule has 0 saturated heterocycles. The molecule has 0 aliphatic carbocycles. The van der Waals surface area contributed by atoms with Crippen molar-refractivity contribution in [1.82, 2.24) is 0 Å². The van der Waals surface area contributed by atoms with E-state index >= 15 is 0 Å². The molecule has 3 heteroatoms. The van der Waals surface area contributed by atoms with Crippen molar-refractivity contribution in [2.45, 2.75) is 6.10 Å². The van der Waals surface area contributed by atoms with Gasteiger partial charge >= 0.3 is 0 Å². The molecule has 2 nitrogen and oxygen atoms in total. The Bertz CT molecular complexity index is 136. The summed E-state index contributed by atoms with van der Waals surface area (Å²) >= 11 is 0. The second-order valence-corrected chi connectivity index (χ2v) is 5.61. The Hall–Kier alpha value is -0.150. The molecule has 0 amide bonds. The van der Waals surface area contributed by atoms with Crippen LogP contribution in [0.5, 0.6) is 0 Å². The molecule has 0 heterocycles. The molecular formula is C6H13O2S+. The molecule has 0 radical (unpaired) electrons. The van der Waals surface area contributed by atoms with Crippen LogP contribution in [0.4, 0.5) is 0 Å². The fourth-order valence-corrected chi connectivity index (χ4v) is 1.44. The lowest BCUT2D eigenvalue weighted by Gasteiger charge is -2.02. The van der Waals surface area contributed by atoms with E-state index in [9.17, 15) is 4.21 Å². The standard InChI is InChI=1S/C6H13O2S/c1-4-6(7)5-9(2,3)8/h4,6-7H,1,5H2,2-3H3/q+1. The fourth-order valence-electron chi connectivity index (χ4n) is 0.479. The number of hydrogen-bond donors (Lipinski definition) is 1. The van der Waals surface area contributed by atoms with Crippen LogP contribution in [0.15, 0.2) is 12.7 Å². The molecule has 0 fully saturated rings. The summed E-state index contributed by atoms with van der Waals surface area (Å²) in [5.41, 5.74) is 0. The highest BCUT2D eigenvalue weighted by molar-refractivity contribution is 8.01. The summed E-state index contributed by atoms with van der Waals surface area (Å²) in [5.74, 6) is 0.316. The summed E-state index contributed by atoms with van der Waals surface area (Å²) in [6.07, 6.45) is 4.03. The first-order valence-electron chi connectivity index (χ1n) is 2.68. The quantitative estimate of drug-likeness (QED) is 0.462. The van der Waals surface area contributed by atoms with Crippen molar-refractivity contribution < 1.29 is 9.32 Å². The summed E-state index contributed by atoms with van der Waals surface area (Å²) in [4.78, 5) is 0. The van der Waals surface area contributed by atoms with Gasteiger partial charge in [-0.15, -0.1) is 10.8 Å². The molecule has 1 unspecified atom stereocenters. The van der Waals surface area contributed by atoms with Crippen LogP contribution in [0.3, 0.4) is 0 Å². The average Bonchev–Trinajstić information content (AvgIpc) is 1.62. The maximum atomic E-state index is 10.9. The minimum atomic E-state index is -1.81. The summed E-state index contributed by atoms with van der Waals surface area (Å²) in [7, 11) is -1.81. The van der Waals surface area contributed by atoms with Crippen LogP contribution in [0.1, 0.15) is 0 Å². The van der Waals surface area contributed by atoms with E-state index in [1.54, 1.807) is 12.5 Å². The van der Waals surface area contributed by atoms with Crippen LogP contribution in [0.25, 0.3) is 0 Å². The van der Waals surface area contributed by atoms with Gasteiger partial charge in [-0.05, 0) is 0 Å². The molecule has 1 N–H and O–H groups in total. The summed E-state index contributed by atoms with van der Waals surface area (Å²) in [6.45, 7) is 3.37. The second-order valence-electron chi connectivity index (χ2n) is 2.41. The van der Waals surface area contributed by atoms with Crippen LogP contribution in [-0.4, -0.2) is 29.5 Å². The molecule has 0 aromatic rings. The maximum Gasteiger partial charge on any atom is 0.141 e. The van der Waals surface area contributed by atoms with E-state index in [2.05, 4.69) is 6.58 Å². The zero-order chi connectivity index (χ0) is 7.49. The van der Waals surface area contributed by atoms with Gasteiger partial charge in [-0.1, -0.05) is 6.08 Å². The SMILES string of the molecule is C=CC(O)C[S+](C)(C)=O. The first kappa shape index (κ1) is 8.85. The van der Waals surface area contributed by atoms with Gasteiger partial charge in [0.05, 0.1) is 9.93 Å². The molecular weight excluding hydrogens is 136 g/mol. The number of hydrogen-bond acceptors (Lipinski definition) is 2. The van der Waals surface area contributed by atoms with Crippen LogP contribution < -0.4 is 0 Å². The van der Waals surface area contributed by atoms with Crippen molar-refractivity contribution in [3.05, 3.63) is 12.7 Å². The fraction of sp³-hybridized carbons (Fsp3) is 0.667. The Morgan fingerprint density at radius 3 is 2.33 bits per heavy atom. The molecule has 9 heavy (non-hydrogen) atoms. The van der Waals surface area contributed by atoms with Gasteiger partial charge in [0.2, 0.25) is 0 Å². The third kappa shape index (κ3) is 5.73. The second kappa shape index (κ2) is 3.13. The Labute approximate surface area is 57.0 Å². The minimum absolute atomic E-state index is 0.316. The molecule has 0 bridgehead atoms. The van der Waals surface area contributed by atoms with Crippen molar-refractivity contribution in [3.63, 3.8) is 0 Å². The summed E-state index contributed by atoms with van der Waals surface area (Å²) in [6, 6.07) is 0. The molecule has 0 aromatic heterocycles. The van der Waals surface area contributed by atoms with Crippen molar-refractivity contribution in [2.24, 2.45) is 0 Å². The lowest BCUT2D eigenvalue weighted by atomic mass is 10.4. The third-order valence-electron chi connectivity index (χ3n) is 0.844. The highest BCUT2D eigenvalue weighted by Crippen LogP contribution is 1.97. The Kier molecular flexibility index (Phi) is 3.08.